The predicted molar refractivity (Wildman–Crippen MR) is 76.2 cm³/mol. The third kappa shape index (κ3) is 4.01. The molecule has 0 aliphatic heterocycles. The van der Waals surface area contributed by atoms with Gasteiger partial charge in [0.2, 0.25) is 0 Å². The first kappa shape index (κ1) is 14.5. The molecule has 0 aliphatic rings. The molecule has 5 heteroatoms. The summed E-state index contributed by atoms with van der Waals surface area (Å²) in [6.45, 7) is 2.77. The summed E-state index contributed by atoms with van der Waals surface area (Å²) in [5.41, 5.74) is 0.865. The molecule has 0 saturated heterocycles. The van der Waals surface area contributed by atoms with Gasteiger partial charge < -0.3 is 5.32 Å². The average molecular weight is 299 g/mol. The van der Waals surface area contributed by atoms with Crippen LogP contribution in [0.3, 0.4) is 0 Å². The number of rotatable bonds is 5. The fourth-order valence-electron chi connectivity index (χ4n) is 1.32. The fraction of sp³-hybridized carbons (Fsp3) is 0.455. The number of thioether (sulfide) groups is 1. The maximum atomic E-state index is 6.10. The minimum absolute atomic E-state index is 0.418. The van der Waals surface area contributed by atoms with E-state index in [1.807, 2.05) is 0 Å². The maximum absolute atomic E-state index is 6.10. The van der Waals surface area contributed by atoms with Crippen LogP contribution in [0.2, 0.25) is 15.1 Å². The van der Waals surface area contributed by atoms with Crippen LogP contribution in [0.15, 0.2) is 12.1 Å². The lowest BCUT2D eigenvalue weighted by Gasteiger charge is -2.14. The molecule has 1 aromatic rings. The van der Waals surface area contributed by atoms with Gasteiger partial charge in [-0.15, -0.1) is 0 Å². The van der Waals surface area contributed by atoms with Gasteiger partial charge in [0.15, 0.2) is 0 Å². The molecule has 0 saturated carbocycles. The Morgan fingerprint density at radius 1 is 1.25 bits per heavy atom. The molecule has 0 aliphatic carbocycles. The van der Waals surface area contributed by atoms with Gasteiger partial charge in [0.1, 0.15) is 0 Å². The minimum Gasteiger partial charge on any atom is -0.309 e. The molecule has 1 N–H and O–H groups in total. The van der Waals surface area contributed by atoms with E-state index in [0.29, 0.717) is 27.7 Å². The quantitative estimate of drug-likeness (QED) is 0.804. The van der Waals surface area contributed by atoms with E-state index >= 15 is 0 Å². The summed E-state index contributed by atoms with van der Waals surface area (Å²) in [5, 5.41) is 5.09. The Hall–Kier alpha value is 0.400. The maximum Gasteiger partial charge on any atom is 0.0652 e. The Balaban J connectivity index is 2.70. The van der Waals surface area contributed by atoms with E-state index < -0.39 is 0 Å². The third-order valence-electron chi connectivity index (χ3n) is 2.18. The molecule has 0 aromatic heterocycles. The van der Waals surface area contributed by atoms with Gasteiger partial charge in [-0.1, -0.05) is 34.8 Å². The van der Waals surface area contributed by atoms with Crippen molar-refractivity contribution in [3.8, 4) is 0 Å². The summed E-state index contributed by atoms with van der Waals surface area (Å²) >= 11 is 19.9. The Labute approximate surface area is 116 Å². The van der Waals surface area contributed by atoms with Gasteiger partial charge in [-0.25, -0.2) is 0 Å². The molecule has 1 nitrogen and oxygen atoms in total. The van der Waals surface area contributed by atoms with Gasteiger partial charge in [-0.05, 0) is 25.3 Å². The molecule has 1 unspecified atom stereocenters. The average Bonchev–Trinajstić information content (AvgIpc) is 2.24. The number of halogens is 3. The van der Waals surface area contributed by atoms with Crippen molar-refractivity contribution in [1.29, 1.82) is 0 Å². The van der Waals surface area contributed by atoms with E-state index in [1.165, 1.54) is 0 Å². The highest BCUT2D eigenvalue weighted by Gasteiger charge is 2.10. The van der Waals surface area contributed by atoms with Gasteiger partial charge in [-0.3, -0.25) is 0 Å². The third-order valence-corrected chi connectivity index (χ3v) is 4.21. The number of hydrogen-bond acceptors (Lipinski definition) is 2. The molecule has 16 heavy (non-hydrogen) atoms. The van der Waals surface area contributed by atoms with Crippen LogP contribution < -0.4 is 5.32 Å². The summed E-state index contributed by atoms with van der Waals surface area (Å²) in [6.07, 6.45) is 2.08. The van der Waals surface area contributed by atoms with Crippen molar-refractivity contribution in [3.63, 3.8) is 0 Å². The second kappa shape index (κ2) is 6.97. The van der Waals surface area contributed by atoms with Gasteiger partial charge in [-0.2, -0.15) is 11.8 Å². The van der Waals surface area contributed by atoms with Crippen molar-refractivity contribution in [2.45, 2.75) is 19.5 Å². The molecule has 0 bridgehead atoms. The highest BCUT2D eigenvalue weighted by atomic mass is 35.5. The summed E-state index contributed by atoms with van der Waals surface area (Å²) in [5.74, 6) is 1.05. The number of hydrogen-bond donors (Lipinski definition) is 1. The largest absolute Gasteiger partial charge is 0.309 e. The van der Waals surface area contributed by atoms with E-state index in [0.717, 1.165) is 11.3 Å². The first-order valence-corrected chi connectivity index (χ1v) is 7.43. The molecule has 0 fully saturated rings. The zero-order valence-electron chi connectivity index (χ0n) is 9.19. The molecule has 1 rings (SSSR count). The van der Waals surface area contributed by atoms with Crippen molar-refractivity contribution < 1.29 is 0 Å². The summed E-state index contributed by atoms with van der Waals surface area (Å²) in [7, 11) is 0. The minimum atomic E-state index is 0.418. The molecule has 1 aromatic carbocycles. The molecule has 0 spiro atoms. The van der Waals surface area contributed by atoms with E-state index in [-0.39, 0.29) is 0 Å². The van der Waals surface area contributed by atoms with Gasteiger partial charge in [0.05, 0.1) is 10.0 Å². The first-order chi connectivity index (χ1) is 7.56. The van der Waals surface area contributed by atoms with Gasteiger partial charge >= 0.3 is 0 Å². The van der Waals surface area contributed by atoms with Crippen LogP contribution in [0.4, 0.5) is 0 Å². The SMILES string of the molecule is CSCC(C)NCc1c(Cl)ccc(Cl)c1Cl. The number of nitrogens with one attached hydrogen (secondary N) is 1. The number of benzene rings is 1. The Morgan fingerprint density at radius 3 is 2.50 bits per heavy atom. The molecule has 0 amide bonds. The predicted octanol–water partition coefficient (Wildman–Crippen LogP) is 4.49. The molecular weight excluding hydrogens is 285 g/mol. The molecular formula is C11H14Cl3NS. The Kier molecular flexibility index (Phi) is 6.30. The second-order valence-corrected chi connectivity index (χ2v) is 5.66. The van der Waals surface area contributed by atoms with Crippen molar-refractivity contribution in [1.82, 2.24) is 5.32 Å². The van der Waals surface area contributed by atoms with E-state index in [1.54, 1.807) is 23.9 Å². The van der Waals surface area contributed by atoms with Crippen LogP contribution in [0.5, 0.6) is 0 Å². The van der Waals surface area contributed by atoms with E-state index in [4.69, 9.17) is 34.8 Å². The van der Waals surface area contributed by atoms with Crippen molar-refractivity contribution in [2.75, 3.05) is 12.0 Å². The van der Waals surface area contributed by atoms with Crippen molar-refractivity contribution in [2.24, 2.45) is 0 Å². The summed E-state index contributed by atoms with van der Waals surface area (Å²) < 4.78 is 0. The van der Waals surface area contributed by atoms with E-state index in [2.05, 4.69) is 18.5 Å². The van der Waals surface area contributed by atoms with Crippen LogP contribution in [0.25, 0.3) is 0 Å². The standard InChI is InChI=1S/C11H14Cl3NS/c1-7(6-16-2)15-5-8-9(12)3-4-10(13)11(8)14/h3-4,7,15H,5-6H2,1-2H3. The van der Waals surface area contributed by atoms with Gasteiger partial charge in [0.25, 0.3) is 0 Å². The smallest absolute Gasteiger partial charge is 0.0652 e. The first-order valence-electron chi connectivity index (χ1n) is 4.91. The Morgan fingerprint density at radius 2 is 1.88 bits per heavy atom. The zero-order chi connectivity index (χ0) is 12.1. The van der Waals surface area contributed by atoms with Gasteiger partial charge in [0, 0.05) is 28.9 Å². The summed E-state index contributed by atoms with van der Waals surface area (Å²) in [4.78, 5) is 0. The van der Waals surface area contributed by atoms with Crippen molar-refractivity contribution >= 4 is 46.6 Å². The normalized spacial score (nSPS) is 12.8. The van der Waals surface area contributed by atoms with E-state index in [9.17, 15) is 0 Å². The molecule has 0 heterocycles. The molecule has 90 valence electrons. The van der Waals surface area contributed by atoms with Crippen LogP contribution >= 0.6 is 46.6 Å². The zero-order valence-corrected chi connectivity index (χ0v) is 12.3. The Bertz CT molecular complexity index is 357. The molecule has 1 atom stereocenters. The van der Waals surface area contributed by atoms with Crippen LogP contribution in [-0.2, 0) is 6.54 Å². The highest BCUT2D eigenvalue weighted by molar-refractivity contribution is 7.98. The lowest BCUT2D eigenvalue weighted by atomic mass is 10.2. The van der Waals surface area contributed by atoms with Crippen LogP contribution in [-0.4, -0.2) is 18.1 Å². The molecule has 0 radical (unpaired) electrons. The fourth-order valence-corrected chi connectivity index (χ4v) is 2.62. The topological polar surface area (TPSA) is 12.0 Å². The van der Waals surface area contributed by atoms with Crippen molar-refractivity contribution in [3.05, 3.63) is 32.8 Å². The lowest BCUT2D eigenvalue weighted by Crippen LogP contribution is -2.27. The van der Waals surface area contributed by atoms with Crippen LogP contribution in [0, 0.1) is 0 Å². The monoisotopic (exact) mass is 297 g/mol. The lowest BCUT2D eigenvalue weighted by molar-refractivity contribution is 0.596. The highest BCUT2D eigenvalue weighted by Crippen LogP contribution is 2.31. The van der Waals surface area contributed by atoms with Crippen LogP contribution in [0.1, 0.15) is 12.5 Å². The summed E-state index contributed by atoms with van der Waals surface area (Å²) in [6, 6.07) is 3.90. The second-order valence-electron chi connectivity index (χ2n) is 3.56.